The lowest BCUT2D eigenvalue weighted by Crippen LogP contribution is -2.53. The molecule has 0 unspecified atom stereocenters. The number of rotatable bonds is 4. The lowest BCUT2D eigenvalue weighted by atomic mass is 10.0. The van der Waals surface area contributed by atoms with E-state index in [1.807, 2.05) is 18.2 Å². The lowest BCUT2D eigenvalue weighted by Gasteiger charge is -2.38. The fourth-order valence-corrected chi connectivity index (χ4v) is 3.53. The summed E-state index contributed by atoms with van der Waals surface area (Å²) in [4.78, 5) is 40.2. The first-order valence-corrected chi connectivity index (χ1v) is 9.69. The number of nitrogens with one attached hydrogen (secondary N) is 1. The number of fused-ring (bicyclic) bond motifs is 2. The number of nitrogens with zero attached hydrogens (tertiary/aromatic N) is 2. The Labute approximate surface area is 174 Å². The summed E-state index contributed by atoms with van der Waals surface area (Å²) < 4.78 is 11.2. The molecule has 8 heteroatoms. The summed E-state index contributed by atoms with van der Waals surface area (Å²) in [5.41, 5.74) is 0.881. The molecular weight excluding hydrogens is 386 g/mol. The molecule has 30 heavy (non-hydrogen) atoms. The zero-order valence-corrected chi connectivity index (χ0v) is 17.1. The first kappa shape index (κ1) is 19.8. The van der Waals surface area contributed by atoms with Crippen LogP contribution in [0.5, 0.6) is 11.5 Å². The van der Waals surface area contributed by atoms with E-state index in [2.05, 4.69) is 5.32 Å². The van der Waals surface area contributed by atoms with Crippen LogP contribution in [0.1, 0.15) is 20.3 Å². The summed E-state index contributed by atoms with van der Waals surface area (Å²) in [7, 11) is 1.68. The van der Waals surface area contributed by atoms with E-state index in [0.29, 0.717) is 28.6 Å². The van der Waals surface area contributed by atoms with Crippen LogP contribution in [0, 0.1) is 0 Å². The monoisotopic (exact) mass is 409 g/mol. The normalized spacial score (nSPS) is 16.9. The Morgan fingerprint density at radius 3 is 2.67 bits per heavy atom. The van der Waals surface area contributed by atoms with Crippen LogP contribution in [0.25, 0.3) is 0 Å². The molecule has 3 amide bonds. The van der Waals surface area contributed by atoms with Gasteiger partial charge in [-0.1, -0.05) is 12.1 Å². The number of para-hydroxylation sites is 2. The summed E-state index contributed by atoms with van der Waals surface area (Å²) in [6, 6.07) is 12.4. The van der Waals surface area contributed by atoms with Crippen molar-refractivity contribution in [3.8, 4) is 11.5 Å². The van der Waals surface area contributed by atoms with Gasteiger partial charge in [0.05, 0.1) is 11.4 Å². The molecule has 2 aromatic rings. The maximum absolute atomic E-state index is 12.8. The third-order valence-corrected chi connectivity index (χ3v) is 5.17. The van der Waals surface area contributed by atoms with E-state index in [-0.39, 0.29) is 37.3 Å². The third-order valence-electron chi connectivity index (χ3n) is 5.17. The highest BCUT2D eigenvalue weighted by molar-refractivity contribution is 6.03. The molecule has 0 atom stereocenters. The van der Waals surface area contributed by atoms with Gasteiger partial charge in [-0.25, -0.2) is 0 Å². The van der Waals surface area contributed by atoms with Gasteiger partial charge < -0.3 is 24.6 Å². The quantitative estimate of drug-likeness (QED) is 0.839. The summed E-state index contributed by atoms with van der Waals surface area (Å²) in [6.07, 6.45) is 0.118. The molecule has 0 saturated carbocycles. The van der Waals surface area contributed by atoms with Crippen molar-refractivity contribution in [3.05, 3.63) is 42.5 Å². The fourth-order valence-electron chi connectivity index (χ4n) is 3.53. The molecule has 2 heterocycles. The number of hydrogen-bond donors (Lipinski definition) is 1. The zero-order chi connectivity index (χ0) is 21.5. The average molecular weight is 409 g/mol. The van der Waals surface area contributed by atoms with Gasteiger partial charge in [-0.05, 0) is 38.1 Å². The van der Waals surface area contributed by atoms with Crippen LogP contribution >= 0.6 is 0 Å². The van der Waals surface area contributed by atoms with Crippen LogP contribution in [0.2, 0.25) is 0 Å². The van der Waals surface area contributed by atoms with Crippen LogP contribution in [0.4, 0.5) is 17.1 Å². The van der Waals surface area contributed by atoms with Gasteiger partial charge in [0.15, 0.2) is 12.2 Å². The molecule has 0 bridgehead atoms. The van der Waals surface area contributed by atoms with E-state index >= 15 is 0 Å². The molecule has 0 radical (unpaired) electrons. The highest BCUT2D eigenvalue weighted by atomic mass is 16.5. The number of carbonyl (C=O) groups is 3. The van der Waals surface area contributed by atoms with Crippen LogP contribution in [-0.2, 0) is 14.4 Å². The van der Waals surface area contributed by atoms with Crippen LogP contribution in [0.15, 0.2) is 42.5 Å². The van der Waals surface area contributed by atoms with Crippen molar-refractivity contribution in [1.82, 2.24) is 0 Å². The predicted molar refractivity (Wildman–Crippen MR) is 112 cm³/mol. The van der Waals surface area contributed by atoms with E-state index in [1.165, 1.54) is 4.90 Å². The molecule has 0 spiro atoms. The number of likely N-dealkylation sites (N-methyl/N-ethyl adjacent to an activating group) is 1. The minimum Gasteiger partial charge on any atom is -0.481 e. The zero-order valence-electron chi connectivity index (χ0n) is 17.1. The Kier molecular flexibility index (Phi) is 4.85. The standard InChI is InChI=1S/C22H23N3O5/c1-22(2)21(28)25(16-6-4-5-7-17(16)30-22)11-10-19(26)23-14-8-9-15-18(12-14)29-13-20(27)24(15)3/h4-9,12H,10-11,13H2,1-3H3,(H,23,26). The van der Waals surface area contributed by atoms with Crippen LogP contribution in [0.3, 0.4) is 0 Å². The van der Waals surface area contributed by atoms with Crippen molar-refractivity contribution in [1.29, 1.82) is 0 Å². The van der Waals surface area contributed by atoms with Crippen molar-refractivity contribution in [2.45, 2.75) is 25.9 Å². The Bertz CT molecular complexity index is 1030. The first-order chi connectivity index (χ1) is 14.3. The minimum atomic E-state index is -0.996. The molecule has 2 aliphatic heterocycles. The fraction of sp³-hybridized carbons (Fsp3) is 0.318. The molecular formula is C22H23N3O5. The maximum Gasteiger partial charge on any atom is 0.270 e. The van der Waals surface area contributed by atoms with Gasteiger partial charge >= 0.3 is 0 Å². The summed E-state index contributed by atoms with van der Waals surface area (Å²) >= 11 is 0. The van der Waals surface area contributed by atoms with Crippen molar-refractivity contribution >= 4 is 34.8 Å². The Morgan fingerprint density at radius 1 is 1.10 bits per heavy atom. The highest BCUT2D eigenvalue weighted by Crippen LogP contribution is 2.37. The van der Waals surface area contributed by atoms with Gasteiger partial charge in [0.2, 0.25) is 5.91 Å². The number of benzene rings is 2. The Hall–Kier alpha value is -3.55. The Morgan fingerprint density at radius 2 is 1.87 bits per heavy atom. The average Bonchev–Trinajstić information content (AvgIpc) is 2.71. The van der Waals surface area contributed by atoms with Crippen molar-refractivity contribution in [2.75, 3.05) is 35.3 Å². The topological polar surface area (TPSA) is 88.2 Å². The number of amides is 3. The molecule has 1 N–H and O–H groups in total. The summed E-state index contributed by atoms with van der Waals surface area (Å²) in [5, 5.41) is 2.83. The second-order valence-corrected chi connectivity index (χ2v) is 7.76. The van der Waals surface area contributed by atoms with Gasteiger partial charge in [-0.3, -0.25) is 14.4 Å². The van der Waals surface area contributed by atoms with E-state index in [4.69, 9.17) is 9.47 Å². The van der Waals surface area contributed by atoms with Gasteiger partial charge in [-0.2, -0.15) is 0 Å². The van der Waals surface area contributed by atoms with Crippen molar-refractivity contribution in [2.24, 2.45) is 0 Å². The van der Waals surface area contributed by atoms with Gasteiger partial charge in [-0.15, -0.1) is 0 Å². The number of carbonyl (C=O) groups excluding carboxylic acids is 3. The minimum absolute atomic E-state index is 0.0325. The molecule has 156 valence electrons. The van der Waals surface area contributed by atoms with Gasteiger partial charge in [0.25, 0.3) is 11.8 Å². The summed E-state index contributed by atoms with van der Waals surface area (Å²) in [5.74, 6) is 0.605. The van der Waals surface area contributed by atoms with E-state index in [1.54, 1.807) is 50.1 Å². The van der Waals surface area contributed by atoms with E-state index < -0.39 is 5.60 Å². The Balaban J connectivity index is 1.44. The molecule has 4 rings (SSSR count). The van der Waals surface area contributed by atoms with E-state index in [0.717, 1.165) is 0 Å². The molecule has 0 fully saturated rings. The van der Waals surface area contributed by atoms with Crippen molar-refractivity contribution in [3.63, 3.8) is 0 Å². The van der Waals surface area contributed by atoms with Crippen molar-refractivity contribution < 1.29 is 23.9 Å². The molecule has 2 aliphatic rings. The first-order valence-electron chi connectivity index (χ1n) is 9.69. The van der Waals surface area contributed by atoms with E-state index in [9.17, 15) is 14.4 Å². The maximum atomic E-state index is 12.8. The predicted octanol–water partition coefficient (Wildman–Crippen LogP) is 2.57. The van der Waals surface area contributed by atoms with Gasteiger partial charge in [0, 0.05) is 31.8 Å². The number of ether oxygens (including phenoxy) is 2. The van der Waals surface area contributed by atoms with Crippen LogP contribution in [-0.4, -0.2) is 43.5 Å². The van der Waals surface area contributed by atoms with Gasteiger partial charge in [0.1, 0.15) is 11.5 Å². The lowest BCUT2D eigenvalue weighted by molar-refractivity contribution is -0.132. The molecule has 0 aliphatic carbocycles. The molecule has 0 aromatic heterocycles. The molecule has 8 nitrogen and oxygen atoms in total. The molecule has 0 saturated heterocycles. The third kappa shape index (κ3) is 3.56. The number of anilines is 3. The second-order valence-electron chi connectivity index (χ2n) is 7.76. The highest BCUT2D eigenvalue weighted by Gasteiger charge is 2.40. The molecule has 2 aromatic carbocycles. The van der Waals surface area contributed by atoms with Crippen LogP contribution < -0.4 is 24.6 Å². The summed E-state index contributed by atoms with van der Waals surface area (Å²) in [6.45, 7) is 3.63. The largest absolute Gasteiger partial charge is 0.481 e. The number of hydrogen-bond acceptors (Lipinski definition) is 5. The second kappa shape index (κ2) is 7.37. The SMILES string of the molecule is CN1C(=O)COc2cc(NC(=O)CCN3C(=O)C(C)(C)Oc4ccccc43)ccc21. The smallest absolute Gasteiger partial charge is 0.270 e.